The third-order valence-electron chi connectivity index (χ3n) is 5.00. The maximum Gasteiger partial charge on any atom is 0.229 e. The largest absolute Gasteiger partial charge is 0.368 e. The maximum absolute atomic E-state index is 6.35. The fourth-order valence-electron chi connectivity index (χ4n) is 3.45. The van der Waals surface area contributed by atoms with Gasteiger partial charge in [-0.2, -0.15) is 15.0 Å². The first-order valence-corrected chi connectivity index (χ1v) is 10.7. The lowest BCUT2D eigenvalue weighted by Crippen LogP contribution is -2.46. The Morgan fingerprint density at radius 1 is 0.897 bits per heavy atom. The van der Waals surface area contributed by atoms with Gasteiger partial charge in [-0.25, -0.2) is 0 Å². The van der Waals surface area contributed by atoms with E-state index in [1.54, 1.807) is 0 Å². The zero-order chi connectivity index (χ0) is 20.6. The molecule has 8 nitrogen and oxygen atoms in total. The Morgan fingerprint density at radius 2 is 1.59 bits per heavy atom. The number of hydrogen-bond acceptors (Lipinski definition) is 8. The molecule has 0 aliphatic carbocycles. The van der Waals surface area contributed by atoms with Crippen LogP contribution in [0, 0.1) is 0 Å². The van der Waals surface area contributed by atoms with Crippen LogP contribution >= 0.6 is 23.2 Å². The molecule has 1 fully saturated rings. The summed E-state index contributed by atoms with van der Waals surface area (Å²) >= 11 is 12.5. The number of nitrogens with one attached hydrogen (secondary N) is 1. The highest BCUT2D eigenvalue weighted by atomic mass is 35.5. The van der Waals surface area contributed by atoms with Crippen LogP contribution in [0.5, 0.6) is 0 Å². The van der Waals surface area contributed by atoms with E-state index >= 15 is 0 Å². The van der Waals surface area contributed by atoms with Gasteiger partial charge in [0.25, 0.3) is 0 Å². The van der Waals surface area contributed by atoms with Crippen LogP contribution in [0.15, 0.2) is 18.2 Å². The molecule has 1 aliphatic rings. The third-order valence-corrected chi connectivity index (χ3v) is 5.81. The van der Waals surface area contributed by atoms with Gasteiger partial charge < -0.3 is 21.7 Å². The summed E-state index contributed by atoms with van der Waals surface area (Å²) < 4.78 is 0. The van der Waals surface area contributed by atoms with Gasteiger partial charge in [0, 0.05) is 32.7 Å². The predicted octanol–water partition coefficient (Wildman–Crippen LogP) is 3.14. The second kappa shape index (κ2) is 10.7. The lowest BCUT2D eigenvalue weighted by Gasteiger charge is -2.36. The molecule has 2 heterocycles. The van der Waals surface area contributed by atoms with E-state index in [9.17, 15) is 0 Å². The highest BCUT2D eigenvalue weighted by molar-refractivity contribution is 6.43. The predicted molar refractivity (Wildman–Crippen MR) is 121 cm³/mol. The van der Waals surface area contributed by atoms with E-state index in [2.05, 4.69) is 30.1 Å². The molecule has 0 spiro atoms. The van der Waals surface area contributed by atoms with E-state index in [0.717, 1.165) is 57.8 Å². The van der Waals surface area contributed by atoms with Crippen LogP contribution in [0.1, 0.15) is 25.7 Å². The average molecular weight is 439 g/mol. The second-order valence-corrected chi connectivity index (χ2v) is 7.90. The molecule has 0 saturated carbocycles. The number of anilines is 4. The van der Waals surface area contributed by atoms with Crippen molar-refractivity contribution >= 4 is 46.7 Å². The molecule has 3 rings (SSSR count). The minimum absolute atomic E-state index is 0.137. The van der Waals surface area contributed by atoms with Crippen LogP contribution in [0.4, 0.5) is 23.5 Å². The van der Waals surface area contributed by atoms with Gasteiger partial charge in [0.2, 0.25) is 17.8 Å². The normalized spacial score (nSPS) is 14.9. The molecule has 0 amide bonds. The highest BCUT2D eigenvalue weighted by Gasteiger charge is 2.19. The van der Waals surface area contributed by atoms with Crippen LogP contribution in [0.25, 0.3) is 0 Å². The van der Waals surface area contributed by atoms with Crippen molar-refractivity contribution < 1.29 is 0 Å². The van der Waals surface area contributed by atoms with Gasteiger partial charge >= 0.3 is 0 Å². The Labute approximate surface area is 181 Å². The van der Waals surface area contributed by atoms with E-state index in [4.69, 9.17) is 34.7 Å². The van der Waals surface area contributed by atoms with Crippen molar-refractivity contribution in [1.82, 2.24) is 19.9 Å². The average Bonchev–Trinajstić information content (AvgIpc) is 2.69. The van der Waals surface area contributed by atoms with Gasteiger partial charge in [0.1, 0.15) is 0 Å². The number of unbranched alkanes of at least 4 members (excludes halogenated alkanes) is 3. The highest BCUT2D eigenvalue weighted by Crippen LogP contribution is 2.32. The molecular formula is C19H28Cl2N8. The molecule has 10 heteroatoms. The summed E-state index contributed by atoms with van der Waals surface area (Å²) in [5.41, 5.74) is 12.1. The maximum atomic E-state index is 6.35. The van der Waals surface area contributed by atoms with Crippen LogP contribution in [-0.4, -0.2) is 59.1 Å². The summed E-state index contributed by atoms with van der Waals surface area (Å²) in [6, 6.07) is 5.82. The van der Waals surface area contributed by atoms with E-state index in [-0.39, 0.29) is 11.9 Å². The summed E-state index contributed by atoms with van der Waals surface area (Å²) in [5.74, 6) is 0.711. The number of nitrogen functional groups attached to an aromatic ring is 2. The van der Waals surface area contributed by atoms with Crippen molar-refractivity contribution in [2.24, 2.45) is 0 Å². The minimum Gasteiger partial charge on any atom is -0.368 e. The molecule has 0 bridgehead atoms. The lowest BCUT2D eigenvalue weighted by atomic mass is 10.1. The number of benzene rings is 1. The summed E-state index contributed by atoms with van der Waals surface area (Å²) in [6.07, 6.45) is 4.60. The second-order valence-electron chi connectivity index (χ2n) is 7.12. The molecule has 0 unspecified atom stereocenters. The molecule has 29 heavy (non-hydrogen) atoms. The molecule has 1 aromatic carbocycles. The Balaban J connectivity index is 1.27. The Hall–Kier alpha value is -2.03. The third kappa shape index (κ3) is 6.48. The number of rotatable bonds is 9. The Kier molecular flexibility index (Phi) is 7.97. The first-order chi connectivity index (χ1) is 14.0. The van der Waals surface area contributed by atoms with Crippen LogP contribution in [-0.2, 0) is 0 Å². The number of hydrogen-bond donors (Lipinski definition) is 3. The van der Waals surface area contributed by atoms with Crippen molar-refractivity contribution in [3.8, 4) is 0 Å². The van der Waals surface area contributed by atoms with Gasteiger partial charge in [-0.05, 0) is 31.5 Å². The molecule has 1 aromatic heterocycles. The zero-order valence-electron chi connectivity index (χ0n) is 16.4. The van der Waals surface area contributed by atoms with Crippen LogP contribution < -0.4 is 21.7 Å². The zero-order valence-corrected chi connectivity index (χ0v) is 18.0. The molecule has 5 N–H and O–H groups in total. The molecule has 2 aromatic rings. The van der Waals surface area contributed by atoms with Gasteiger partial charge in [0.05, 0.1) is 15.7 Å². The van der Waals surface area contributed by atoms with Gasteiger partial charge in [0.15, 0.2) is 0 Å². The summed E-state index contributed by atoms with van der Waals surface area (Å²) in [5, 5.41) is 4.40. The topological polar surface area (TPSA) is 109 Å². The fourth-order valence-corrected chi connectivity index (χ4v) is 3.87. The number of nitrogens with two attached hydrogens (primary N) is 2. The van der Waals surface area contributed by atoms with E-state index in [1.807, 2.05) is 18.2 Å². The summed E-state index contributed by atoms with van der Waals surface area (Å²) in [6.45, 7) is 5.97. The van der Waals surface area contributed by atoms with Crippen molar-refractivity contribution in [3.05, 3.63) is 28.2 Å². The van der Waals surface area contributed by atoms with Crippen molar-refractivity contribution in [1.29, 1.82) is 0 Å². The molecule has 158 valence electrons. The number of nitrogens with zero attached hydrogens (tertiary/aromatic N) is 5. The molecule has 0 atom stereocenters. The minimum atomic E-state index is 0.137. The van der Waals surface area contributed by atoms with Crippen LogP contribution in [0.2, 0.25) is 10.0 Å². The molecule has 1 aliphatic heterocycles. The van der Waals surface area contributed by atoms with E-state index < -0.39 is 0 Å². The van der Waals surface area contributed by atoms with Crippen LogP contribution in [0.3, 0.4) is 0 Å². The van der Waals surface area contributed by atoms with E-state index in [1.165, 1.54) is 12.8 Å². The smallest absolute Gasteiger partial charge is 0.229 e. The first-order valence-electron chi connectivity index (χ1n) is 9.95. The summed E-state index contributed by atoms with van der Waals surface area (Å²) in [4.78, 5) is 16.6. The first kappa shape index (κ1) is 21.7. The molecular weight excluding hydrogens is 411 g/mol. The van der Waals surface area contributed by atoms with Gasteiger partial charge in [-0.15, -0.1) is 0 Å². The van der Waals surface area contributed by atoms with Gasteiger partial charge in [-0.1, -0.05) is 42.1 Å². The van der Waals surface area contributed by atoms with E-state index in [0.29, 0.717) is 16.0 Å². The van der Waals surface area contributed by atoms with Crippen molar-refractivity contribution in [2.45, 2.75) is 25.7 Å². The monoisotopic (exact) mass is 438 g/mol. The fraction of sp³-hybridized carbons (Fsp3) is 0.526. The molecule has 1 saturated heterocycles. The lowest BCUT2D eigenvalue weighted by molar-refractivity contribution is 0.252. The van der Waals surface area contributed by atoms with Crippen molar-refractivity contribution in [2.75, 3.05) is 61.0 Å². The Bertz CT molecular complexity index is 776. The summed E-state index contributed by atoms with van der Waals surface area (Å²) in [7, 11) is 0. The van der Waals surface area contributed by atoms with Gasteiger partial charge in [-0.3, -0.25) is 4.90 Å². The number of piperazine rings is 1. The standard InChI is InChI=1S/C19H28Cl2N8/c20-14-6-5-7-15(16(14)21)29-12-10-28(11-13-29)9-4-2-1-3-8-24-19-26-17(22)25-18(23)27-19/h5-7H,1-4,8-13H2,(H5,22,23,24,25,26,27). The van der Waals surface area contributed by atoms with Crippen molar-refractivity contribution in [3.63, 3.8) is 0 Å². The quantitative estimate of drug-likeness (QED) is 0.512. The number of aromatic nitrogens is 3. The number of halogens is 2. The molecule has 0 radical (unpaired) electrons. The SMILES string of the molecule is Nc1nc(N)nc(NCCCCCCN2CCN(c3cccc(Cl)c3Cl)CC2)n1. The Morgan fingerprint density at radius 3 is 2.31 bits per heavy atom.